The number of rotatable bonds is 7. The fourth-order valence-corrected chi connectivity index (χ4v) is 3.37. The number of carbonyl (C=O) groups excluding carboxylic acids is 1. The summed E-state index contributed by atoms with van der Waals surface area (Å²) in [5.41, 5.74) is 3.58. The summed E-state index contributed by atoms with van der Waals surface area (Å²) < 4.78 is 0. The average Bonchev–Trinajstić information content (AvgIpc) is 2.93. The highest BCUT2D eigenvalue weighted by molar-refractivity contribution is 7.99. The molecule has 1 aromatic heterocycles. The molecule has 0 aliphatic heterocycles. The van der Waals surface area contributed by atoms with Crippen LogP contribution < -0.4 is 10.6 Å². The van der Waals surface area contributed by atoms with Gasteiger partial charge in [-0.25, -0.2) is 4.79 Å². The Morgan fingerprint density at radius 1 is 1.43 bits per heavy atom. The van der Waals surface area contributed by atoms with Crippen molar-refractivity contribution in [2.75, 3.05) is 19.4 Å². The first-order valence-corrected chi connectivity index (χ1v) is 9.09. The lowest BCUT2D eigenvalue weighted by atomic mass is 10.1. The smallest absolute Gasteiger partial charge is 0.315 e. The van der Waals surface area contributed by atoms with E-state index in [9.17, 15) is 9.90 Å². The number of aliphatic hydroxyl groups excluding tert-OH is 1. The van der Waals surface area contributed by atoms with Gasteiger partial charge in [-0.3, -0.25) is 0 Å². The number of aromatic nitrogens is 1. The molecule has 1 heterocycles. The number of aliphatic hydroxyl groups is 1. The molecule has 0 spiro atoms. The fraction of sp³-hybridized carbons (Fsp3) is 0.471. The number of nitrogens with one attached hydrogen (secondary N) is 3. The topological polar surface area (TPSA) is 77.2 Å². The number of aromatic amines is 1. The van der Waals surface area contributed by atoms with Crippen molar-refractivity contribution in [3.8, 4) is 0 Å². The highest BCUT2D eigenvalue weighted by Crippen LogP contribution is 2.22. The molecule has 0 radical (unpaired) electrons. The van der Waals surface area contributed by atoms with Gasteiger partial charge in [0.2, 0.25) is 0 Å². The van der Waals surface area contributed by atoms with Crippen LogP contribution in [0.2, 0.25) is 0 Å². The van der Waals surface area contributed by atoms with Crippen LogP contribution in [0, 0.1) is 6.92 Å². The van der Waals surface area contributed by atoms with E-state index in [2.05, 4.69) is 34.7 Å². The predicted octanol–water partition coefficient (Wildman–Crippen LogP) is 2.43. The maximum atomic E-state index is 11.9. The summed E-state index contributed by atoms with van der Waals surface area (Å²) in [6, 6.07) is 5.92. The third kappa shape index (κ3) is 4.42. The summed E-state index contributed by atoms with van der Waals surface area (Å²) >= 11 is 1.55. The van der Waals surface area contributed by atoms with Crippen molar-refractivity contribution in [2.24, 2.45) is 0 Å². The van der Waals surface area contributed by atoms with Crippen LogP contribution in [0.15, 0.2) is 24.4 Å². The third-order valence-corrected chi connectivity index (χ3v) is 5.24. The Balaban J connectivity index is 1.85. The number of aryl methyl sites for hydroxylation is 1. The van der Waals surface area contributed by atoms with Crippen LogP contribution in [0.1, 0.15) is 18.1 Å². The van der Waals surface area contributed by atoms with E-state index in [1.54, 1.807) is 11.8 Å². The number of thioether (sulfide) groups is 1. The molecular formula is C17H25N3O2S. The van der Waals surface area contributed by atoms with Crippen LogP contribution in [-0.4, -0.2) is 46.8 Å². The van der Waals surface area contributed by atoms with E-state index in [4.69, 9.17) is 0 Å². The molecule has 5 nitrogen and oxygen atoms in total. The van der Waals surface area contributed by atoms with E-state index in [1.165, 1.54) is 16.5 Å². The number of carbonyl (C=O) groups is 1. The van der Waals surface area contributed by atoms with Gasteiger partial charge in [-0.05, 0) is 43.7 Å². The Morgan fingerprint density at radius 3 is 2.91 bits per heavy atom. The molecule has 2 unspecified atom stereocenters. The van der Waals surface area contributed by atoms with Crippen LogP contribution in [0.3, 0.4) is 0 Å². The monoisotopic (exact) mass is 335 g/mol. The highest BCUT2D eigenvalue weighted by Gasteiger charge is 2.17. The average molecular weight is 335 g/mol. The minimum absolute atomic E-state index is 0.0111. The van der Waals surface area contributed by atoms with Gasteiger partial charge in [0.15, 0.2) is 0 Å². The molecule has 126 valence electrons. The first kappa shape index (κ1) is 17.7. The SMILES string of the molecule is CSC(CO)C(C)NC(=O)NCCc1c[nH]c2cccc(C)c12. The van der Waals surface area contributed by atoms with Crippen molar-refractivity contribution in [1.82, 2.24) is 15.6 Å². The minimum atomic E-state index is -0.193. The van der Waals surface area contributed by atoms with E-state index in [0.29, 0.717) is 6.54 Å². The molecule has 0 saturated carbocycles. The lowest BCUT2D eigenvalue weighted by Crippen LogP contribution is -2.46. The molecule has 0 saturated heterocycles. The standard InChI is InChI=1S/C17H25N3O2S/c1-11-5-4-6-14-16(11)13(9-19-14)7-8-18-17(22)20-12(2)15(10-21)23-3/h4-6,9,12,15,19,21H,7-8,10H2,1-3H3,(H2,18,20,22). The largest absolute Gasteiger partial charge is 0.395 e. The molecule has 2 rings (SSSR count). The van der Waals surface area contributed by atoms with Gasteiger partial charge in [0.25, 0.3) is 0 Å². The normalized spacial score (nSPS) is 13.7. The Kier molecular flexibility index (Phi) is 6.36. The van der Waals surface area contributed by atoms with Gasteiger partial charge < -0.3 is 20.7 Å². The van der Waals surface area contributed by atoms with E-state index >= 15 is 0 Å². The molecule has 2 atom stereocenters. The number of urea groups is 1. The van der Waals surface area contributed by atoms with Crippen LogP contribution in [-0.2, 0) is 6.42 Å². The Hall–Kier alpha value is -1.66. The summed E-state index contributed by atoms with van der Waals surface area (Å²) in [6.45, 7) is 4.62. The number of hydrogen-bond donors (Lipinski definition) is 4. The number of fused-ring (bicyclic) bond motifs is 1. The number of benzene rings is 1. The van der Waals surface area contributed by atoms with Gasteiger partial charge >= 0.3 is 6.03 Å². The Bertz CT molecular complexity index is 652. The minimum Gasteiger partial charge on any atom is -0.395 e. The van der Waals surface area contributed by atoms with E-state index < -0.39 is 0 Å². The number of amides is 2. The third-order valence-electron chi connectivity index (χ3n) is 4.07. The molecule has 0 bridgehead atoms. The highest BCUT2D eigenvalue weighted by atomic mass is 32.2. The van der Waals surface area contributed by atoms with E-state index in [1.807, 2.05) is 25.4 Å². The second-order valence-electron chi connectivity index (χ2n) is 5.71. The van der Waals surface area contributed by atoms with Crippen LogP contribution in [0.5, 0.6) is 0 Å². The molecule has 0 fully saturated rings. The first-order chi connectivity index (χ1) is 11.1. The van der Waals surface area contributed by atoms with Crippen molar-refractivity contribution >= 4 is 28.7 Å². The lowest BCUT2D eigenvalue weighted by Gasteiger charge is -2.21. The van der Waals surface area contributed by atoms with Gasteiger partial charge in [-0.2, -0.15) is 11.8 Å². The molecule has 2 aromatic rings. The lowest BCUT2D eigenvalue weighted by molar-refractivity contribution is 0.232. The van der Waals surface area contributed by atoms with Crippen LogP contribution in [0.4, 0.5) is 4.79 Å². The van der Waals surface area contributed by atoms with Gasteiger partial charge in [0.05, 0.1) is 6.61 Å². The van der Waals surface area contributed by atoms with Crippen molar-refractivity contribution in [1.29, 1.82) is 0 Å². The maximum absolute atomic E-state index is 11.9. The maximum Gasteiger partial charge on any atom is 0.315 e. The van der Waals surface area contributed by atoms with Crippen molar-refractivity contribution < 1.29 is 9.90 Å². The molecule has 6 heteroatoms. The molecule has 1 aromatic carbocycles. The molecule has 23 heavy (non-hydrogen) atoms. The molecule has 0 aliphatic carbocycles. The Morgan fingerprint density at radius 2 is 2.22 bits per heavy atom. The predicted molar refractivity (Wildman–Crippen MR) is 97.1 cm³/mol. The van der Waals surface area contributed by atoms with Crippen LogP contribution in [0.25, 0.3) is 10.9 Å². The van der Waals surface area contributed by atoms with Gasteiger partial charge in [0.1, 0.15) is 0 Å². The molecule has 4 N–H and O–H groups in total. The molecule has 2 amide bonds. The van der Waals surface area contributed by atoms with E-state index in [-0.39, 0.29) is 23.9 Å². The molecule has 0 aliphatic rings. The van der Waals surface area contributed by atoms with Gasteiger partial charge in [0, 0.05) is 34.9 Å². The summed E-state index contributed by atoms with van der Waals surface area (Å²) in [4.78, 5) is 15.2. The van der Waals surface area contributed by atoms with Crippen molar-refractivity contribution in [3.63, 3.8) is 0 Å². The summed E-state index contributed by atoms with van der Waals surface area (Å²) in [7, 11) is 0. The fourth-order valence-electron chi connectivity index (χ4n) is 2.75. The number of hydrogen-bond acceptors (Lipinski definition) is 3. The zero-order valence-electron chi connectivity index (χ0n) is 13.8. The number of H-pyrrole nitrogens is 1. The zero-order chi connectivity index (χ0) is 16.8. The summed E-state index contributed by atoms with van der Waals surface area (Å²) in [5.74, 6) is 0. The van der Waals surface area contributed by atoms with Crippen LogP contribution >= 0.6 is 11.8 Å². The van der Waals surface area contributed by atoms with E-state index in [0.717, 1.165) is 11.9 Å². The zero-order valence-corrected chi connectivity index (χ0v) is 14.7. The summed E-state index contributed by atoms with van der Waals surface area (Å²) in [5, 5.41) is 16.2. The van der Waals surface area contributed by atoms with Gasteiger partial charge in [-0.1, -0.05) is 12.1 Å². The second-order valence-corrected chi connectivity index (χ2v) is 6.78. The van der Waals surface area contributed by atoms with Crippen molar-refractivity contribution in [2.45, 2.75) is 31.6 Å². The van der Waals surface area contributed by atoms with Crippen molar-refractivity contribution in [3.05, 3.63) is 35.5 Å². The molecular weight excluding hydrogens is 310 g/mol. The second kappa shape index (κ2) is 8.26. The quantitative estimate of drug-likeness (QED) is 0.628. The first-order valence-electron chi connectivity index (χ1n) is 7.80. The Labute approximate surface area is 141 Å². The van der Waals surface area contributed by atoms with Gasteiger partial charge in [-0.15, -0.1) is 0 Å². The summed E-state index contributed by atoms with van der Waals surface area (Å²) in [6.07, 6.45) is 4.71.